The van der Waals surface area contributed by atoms with Gasteiger partial charge in [-0.3, -0.25) is 4.79 Å². The van der Waals surface area contributed by atoms with Gasteiger partial charge in [-0.05, 0) is 42.4 Å². The molecule has 0 radical (unpaired) electrons. The minimum absolute atomic E-state index is 0.167. The van der Waals surface area contributed by atoms with Crippen molar-refractivity contribution >= 4 is 5.78 Å². The van der Waals surface area contributed by atoms with Gasteiger partial charge < -0.3 is 5.11 Å². The zero-order valence-electron chi connectivity index (χ0n) is 11.6. The van der Waals surface area contributed by atoms with Gasteiger partial charge in [0.2, 0.25) is 0 Å². The number of aliphatic hydroxyl groups excluding tert-OH is 1. The fraction of sp³-hybridized carbons (Fsp3) is 0.933. The van der Waals surface area contributed by atoms with Crippen molar-refractivity contribution in [3.8, 4) is 0 Å². The molecule has 0 amide bonds. The van der Waals surface area contributed by atoms with Crippen LogP contribution in [0.3, 0.4) is 0 Å². The van der Waals surface area contributed by atoms with Gasteiger partial charge in [-0.1, -0.05) is 27.7 Å². The number of hydrogen-bond donors (Lipinski definition) is 1. The number of carbonyl (C=O) groups is 1. The van der Waals surface area contributed by atoms with Crippen LogP contribution in [0.25, 0.3) is 0 Å². The zero-order valence-corrected chi connectivity index (χ0v) is 11.6. The molecule has 2 heteroatoms. The summed E-state index contributed by atoms with van der Waals surface area (Å²) < 4.78 is 0. The van der Waals surface area contributed by atoms with Crippen LogP contribution < -0.4 is 0 Å². The molecule has 98 valence electrons. The Bertz CT molecular complexity index is 310. The Labute approximate surface area is 105 Å². The predicted octanol–water partition coefficient (Wildman–Crippen LogP) is 3.03. The SMILES string of the molecule is CC(C)C1CC2(C)C(C)CCC(O)C2CC1=O. The maximum atomic E-state index is 12.2. The first-order chi connectivity index (χ1) is 7.86. The number of hydrogen-bond acceptors (Lipinski definition) is 2. The molecule has 2 aliphatic rings. The van der Waals surface area contributed by atoms with E-state index in [4.69, 9.17) is 0 Å². The molecule has 1 N–H and O–H groups in total. The van der Waals surface area contributed by atoms with E-state index in [-0.39, 0.29) is 23.4 Å². The van der Waals surface area contributed by atoms with Crippen LogP contribution in [0.2, 0.25) is 0 Å². The number of fused-ring (bicyclic) bond motifs is 1. The smallest absolute Gasteiger partial charge is 0.136 e. The number of aliphatic hydroxyl groups is 1. The highest BCUT2D eigenvalue weighted by atomic mass is 16.3. The van der Waals surface area contributed by atoms with Crippen LogP contribution in [-0.4, -0.2) is 17.0 Å². The summed E-state index contributed by atoms with van der Waals surface area (Å²) in [4.78, 5) is 12.2. The van der Waals surface area contributed by atoms with Gasteiger partial charge in [-0.2, -0.15) is 0 Å². The summed E-state index contributed by atoms with van der Waals surface area (Å²) in [5, 5.41) is 10.2. The summed E-state index contributed by atoms with van der Waals surface area (Å²) in [5.41, 5.74) is 0.167. The molecular weight excluding hydrogens is 212 g/mol. The van der Waals surface area contributed by atoms with Gasteiger partial charge in [-0.25, -0.2) is 0 Å². The summed E-state index contributed by atoms with van der Waals surface area (Å²) in [6.45, 7) is 8.89. The van der Waals surface area contributed by atoms with Crippen molar-refractivity contribution in [3.63, 3.8) is 0 Å². The number of ketones is 1. The van der Waals surface area contributed by atoms with Gasteiger partial charge in [0.25, 0.3) is 0 Å². The Balaban J connectivity index is 2.26. The largest absolute Gasteiger partial charge is 0.393 e. The van der Waals surface area contributed by atoms with Crippen molar-refractivity contribution in [2.45, 2.75) is 59.5 Å². The van der Waals surface area contributed by atoms with Crippen LogP contribution in [0, 0.1) is 29.1 Å². The Morgan fingerprint density at radius 2 is 2.00 bits per heavy atom. The summed E-state index contributed by atoms with van der Waals surface area (Å²) in [6.07, 6.45) is 3.30. The minimum Gasteiger partial charge on any atom is -0.393 e. The minimum atomic E-state index is -0.256. The van der Waals surface area contributed by atoms with Crippen LogP contribution in [0.1, 0.15) is 53.4 Å². The molecule has 0 aromatic carbocycles. The van der Waals surface area contributed by atoms with Gasteiger partial charge in [-0.15, -0.1) is 0 Å². The zero-order chi connectivity index (χ0) is 12.8. The Morgan fingerprint density at radius 3 is 2.59 bits per heavy atom. The molecule has 2 nitrogen and oxygen atoms in total. The van der Waals surface area contributed by atoms with Crippen LogP contribution in [0.5, 0.6) is 0 Å². The highest BCUT2D eigenvalue weighted by Gasteiger charge is 2.52. The monoisotopic (exact) mass is 238 g/mol. The maximum Gasteiger partial charge on any atom is 0.136 e. The molecule has 0 aliphatic heterocycles. The molecule has 0 aromatic rings. The summed E-state index contributed by atoms with van der Waals surface area (Å²) in [6, 6.07) is 0. The standard InChI is InChI=1S/C15H26O2/c1-9(2)11-8-15(4)10(3)5-6-13(16)12(15)7-14(11)17/h9-13,16H,5-8H2,1-4H3. The second-order valence-corrected chi connectivity index (χ2v) is 6.88. The molecule has 2 fully saturated rings. The van der Waals surface area contributed by atoms with Crippen molar-refractivity contribution in [1.29, 1.82) is 0 Å². The molecule has 0 heterocycles. The van der Waals surface area contributed by atoms with Crippen LogP contribution in [0.15, 0.2) is 0 Å². The quantitative estimate of drug-likeness (QED) is 0.762. The second-order valence-electron chi connectivity index (χ2n) is 6.88. The first-order valence-corrected chi connectivity index (χ1v) is 7.07. The number of carbonyl (C=O) groups excluding carboxylic acids is 1. The Morgan fingerprint density at radius 1 is 1.35 bits per heavy atom. The number of rotatable bonds is 1. The van der Waals surface area contributed by atoms with Crippen molar-refractivity contribution in [2.24, 2.45) is 29.1 Å². The van der Waals surface area contributed by atoms with Crippen LogP contribution in [-0.2, 0) is 4.79 Å². The topological polar surface area (TPSA) is 37.3 Å². The van der Waals surface area contributed by atoms with Gasteiger partial charge in [0.15, 0.2) is 0 Å². The highest BCUT2D eigenvalue weighted by molar-refractivity contribution is 5.82. The molecule has 2 rings (SSSR count). The third-order valence-corrected chi connectivity index (χ3v) is 5.63. The van der Waals surface area contributed by atoms with Crippen molar-refractivity contribution < 1.29 is 9.90 Å². The summed E-state index contributed by atoms with van der Waals surface area (Å²) in [7, 11) is 0. The lowest BCUT2D eigenvalue weighted by Crippen LogP contribution is -2.52. The van der Waals surface area contributed by atoms with E-state index < -0.39 is 0 Å². The first kappa shape index (κ1) is 13.1. The Hall–Kier alpha value is -0.370. The lowest BCUT2D eigenvalue weighted by atomic mass is 9.52. The average Bonchev–Trinajstić information content (AvgIpc) is 2.26. The third kappa shape index (κ3) is 2.05. The molecule has 0 bridgehead atoms. The van der Waals surface area contributed by atoms with E-state index in [9.17, 15) is 9.90 Å². The Kier molecular flexibility index (Phi) is 3.37. The molecular formula is C15H26O2. The second kappa shape index (κ2) is 4.38. The molecule has 17 heavy (non-hydrogen) atoms. The van der Waals surface area contributed by atoms with Gasteiger partial charge in [0.1, 0.15) is 5.78 Å². The summed E-state index contributed by atoms with van der Waals surface area (Å²) in [5.74, 6) is 1.87. The predicted molar refractivity (Wildman–Crippen MR) is 68.6 cm³/mol. The lowest BCUT2D eigenvalue weighted by molar-refractivity contribution is -0.145. The van der Waals surface area contributed by atoms with Gasteiger partial charge in [0, 0.05) is 12.3 Å². The van der Waals surface area contributed by atoms with E-state index in [0.29, 0.717) is 24.0 Å². The van der Waals surface area contributed by atoms with Gasteiger partial charge in [0.05, 0.1) is 6.10 Å². The van der Waals surface area contributed by atoms with Crippen LogP contribution >= 0.6 is 0 Å². The molecule has 2 saturated carbocycles. The molecule has 0 spiro atoms. The van der Waals surface area contributed by atoms with Crippen molar-refractivity contribution in [3.05, 3.63) is 0 Å². The first-order valence-electron chi connectivity index (χ1n) is 7.07. The summed E-state index contributed by atoms with van der Waals surface area (Å²) >= 11 is 0. The fourth-order valence-electron chi connectivity index (χ4n) is 4.04. The lowest BCUT2D eigenvalue weighted by Gasteiger charge is -2.53. The fourth-order valence-corrected chi connectivity index (χ4v) is 4.04. The van der Waals surface area contributed by atoms with E-state index in [1.54, 1.807) is 0 Å². The van der Waals surface area contributed by atoms with Crippen molar-refractivity contribution in [1.82, 2.24) is 0 Å². The molecule has 0 saturated heterocycles. The third-order valence-electron chi connectivity index (χ3n) is 5.63. The molecule has 5 atom stereocenters. The molecule has 2 aliphatic carbocycles. The molecule has 5 unspecified atom stereocenters. The van der Waals surface area contributed by atoms with E-state index in [0.717, 1.165) is 19.3 Å². The normalized spacial score (nSPS) is 47.1. The van der Waals surface area contributed by atoms with E-state index in [2.05, 4.69) is 27.7 Å². The van der Waals surface area contributed by atoms with E-state index in [1.165, 1.54) is 0 Å². The van der Waals surface area contributed by atoms with Gasteiger partial charge >= 0.3 is 0 Å². The average molecular weight is 238 g/mol. The number of Topliss-reactive ketones (excluding diaryl/α,β-unsaturated/α-hetero) is 1. The van der Waals surface area contributed by atoms with E-state index >= 15 is 0 Å². The van der Waals surface area contributed by atoms with Crippen molar-refractivity contribution in [2.75, 3.05) is 0 Å². The maximum absolute atomic E-state index is 12.2. The van der Waals surface area contributed by atoms with Crippen LogP contribution in [0.4, 0.5) is 0 Å². The molecule has 0 aromatic heterocycles. The van der Waals surface area contributed by atoms with E-state index in [1.807, 2.05) is 0 Å². The highest BCUT2D eigenvalue weighted by Crippen LogP contribution is 2.54.